The monoisotopic (exact) mass is 236 g/mol. The highest BCUT2D eigenvalue weighted by Gasteiger charge is 2.18. The molecule has 1 aromatic rings. The van der Waals surface area contributed by atoms with Crippen molar-refractivity contribution >= 4 is 5.82 Å². The number of nitrogens with zero attached hydrogens (tertiary/aromatic N) is 3. The third-order valence-corrected chi connectivity index (χ3v) is 2.45. The van der Waals surface area contributed by atoms with Crippen molar-refractivity contribution in [2.45, 2.75) is 45.6 Å². The summed E-state index contributed by atoms with van der Waals surface area (Å²) in [4.78, 5) is 2.03. The van der Waals surface area contributed by atoms with Crippen molar-refractivity contribution in [3.8, 4) is 0 Å². The normalized spacial score (nSPS) is 12.6. The Labute approximate surface area is 104 Å². The predicted octanol–water partition coefficient (Wildman–Crippen LogP) is 1.95. The number of likely N-dealkylation sites (N-methyl/N-ethyl adjacent to an activating group) is 1. The number of hydrogen-bond donors (Lipinski definition) is 1. The van der Waals surface area contributed by atoms with Crippen LogP contribution in [0.25, 0.3) is 0 Å². The first-order chi connectivity index (χ1) is 7.59. The molecule has 17 heavy (non-hydrogen) atoms. The van der Waals surface area contributed by atoms with Crippen LogP contribution in [-0.4, -0.2) is 29.3 Å². The summed E-state index contributed by atoms with van der Waals surface area (Å²) < 4.78 is 0. The number of anilines is 1. The van der Waals surface area contributed by atoms with E-state index in [1.165, 1.54) is 0 Å². The molecule has 0 saturated heterocycles. The van der Waals surface area contributed by atoms with Gasteiger partial charge in [-0.3, -0.25) is 0 Å². The number of hydrogen-bond acceptors (Lipinski definition) is 4. The van der Waals surface area contributed by atoms with Gasteiger partial charge >= 0.3 is 0 Å². The second-order valence-electron chi connectivity index (χ2n) is 6.37. The van der Waals surface area contributed by atoms with Crippen LogP contribution in [0.5, 0.6) is 0 Å². The van der Waals surface area contributed by atoms with Gasteiger partial charge in [0.05, 0.1) is 5.69 Å². The van der Waals surface area contributed by atoms with Gasteiger partial charge in [0.25, 0.3) is 0 Å². The fourth-order valence-corrected chi connectivity index (χ4v) is 1.62. The highest BCUT2D eigenvalue weighted by Crippen LogP contribution is 2.20. The number of nitrogens with two attached hydrogens (primary N) is 1. The summed E-state index contributed by atoms with van der Waals surface area (Å²) in [5.41, 5.74) is 6.79. The van der Waals surface area contributed by atoms with Crippen LogP contribution in [0.1, 0.15) is 40.3 Å². The van der Waals surface area contributed by atoms with Gasteiger partial charge in [-0.1, -0.05) is 20.8 Å². The topological polar surface area (TPSA) is 55.0 Å². The van der Waals surface area contributed by atoms with Gasteiger partial charge in [0.15, 0.2) is 5.82 Å². The van der Waals surface area contributed by atoms with Gasteiger partial charge in [-0.2, -0.15) is 5.10 Å². The Hall–Kier alpha value is -1.16. The Morgan fingerprint density at radius 2 is 1.71 bits per heavy atom. The predicted molar refractivity (Wildman–Crippen MR) is 72.3 cm³/mol. The van der Waals surface area contributed by atoms with E-state index in [4.69, 9.17) is 5.73 Å². The summed E-state index contributed by atoms with van der Waals surface area (Å²) >= 11 is 0. The van der Waals surface area contributed by atoms with E-state index in [1.807, 2.05) is 37.9 Å². The molecule has 0 unspecified atom stereocenters. The molecule has 1 aromatic heterocycles. The molecule has 4 heteroatoms. The van der Waals surface area contributed by atoms with Crippen LogP contribution in [-0.2, 0) is 5.41 Å². The standard InChI is InChI=1S/C13H24N4/c1-12(2,3)10-7-8-11(16-15-10)17(6)9-13(4,5)14/h7-8H,9,14H2,1-6H3. The number of rotatable bonds is 3. The number of aromatic nitrogens is 2. The van der Waals surface area contributed by atoms with E-state index >= 15 is 0 Å². The summed E-state index contributed by atoms with van der Waals surface area (Å²) in [6, 6.07) is 4.03. The lowest BCUT2D eigenvalue weighted by Crippen LogP contribution is -2.44. The van der Waals surface area contributed by atoms with Crippen molar-refractivity contribution < 1.29 is 0 Å². The zero-order chi connectivity index (χ0) is 13.3. The summed E-state index contributed by atoms with van der Waals surface area (Å²) in [5, 5.41) is 8.52. The van der Waals surface area contributed by atoms with Crippen molar-refractivity contribution in [3.05, 3.63) is 17.8 Å². The van der Waals surface area contributed by atoms with Crippen molar-refractivity contribution in [1.82, 2.24) is 10.2 Å². The fraction of sp³-hybridized carbons (Fsp3) is 0.692. The van der Waals surface area contributed by atoms with Crippen LogP contribution in [0.2, 0.25) is 0 Å². The zero-order valence-electron chi connectivity index (χ0n) is 11.8. The van der Waals surface area contributed by atoms with Crippen LogP contribution >= 0.6 is 0 Å². The molecule has 0 aliphatic heterocycles. The third-order valence-electron chi connectivity index (χ3n) is 2.45. The van der Waals surface area contributed by atoms with Gasteiger partial charge in [0.1, 0.15) is 0 Å². The Morgan fingerprint density at radius 1 is 1.12 bits per heavy atom. The van der Waals surface area contributed by atoms with Crippen LogP contribution in [0.4, 0.5) is 5.82 Å². The smallest absolute Gasteiger partial charge is 0.151 e. The highest BCUT2D eigenvalue weighted by atomic mass is 15.3. The molecule has 0 atom stereocenters. The SMILES string of the molecule is CN(CC(C)(C)N)c1ccc(C(C)(C)C)nn1. The Balaban J connectivity index is 2.81. The van der Waals surface area contributed by atoms with Gasteiger partial charge in [0.2, 0.25) is 0 Å². The zero-order valence-corrected chi connectivity index (χ0v) is 11.8. The molecular formula is C13H24N4. The van der Waals surface area contributed by atoms with E-state index in [-0.39, 0.29) is 11.0 Å². The lowest BCUT2D eigenvalue weighted by atomic mass is 9.92. The first-order valence-electron chi connectivity index (χ1n) is 5.94. The molecule has 1 heterocycles. The van der Waals surface area contributed by atoms with Gasteiger partial charge in [-0.25, -0.2) is 0 Å². The van der Waals surface area contributed by atoms with E-state index < -0.39 is 0 Å². The Morgan fingerprint density at radius 3 is 2.06 bits per heavy atom. The van der Waals surface area contributed by atoms with Gasteiger partial charge < -0.3 is 10.6 Å². The summed E-state index contributed by atoms with van der Waals surface area (Å²) in [6.45, 7) is 11.1. The van der Waals surface area contributed by atoms with Gasteiger partial charge in [-0.15, -0.1) is 5.10 Å². The molecule has 0 aliphatic rings. The Bertz CT molecular complexity index is 356. The quantitative estimate of drug-likeness (QED) is 0.871. The molecule has 0 saturated carbocycles. The molecule has 96 valence electrons. The van der Waals surface area contributed by atoms with E-state index in [2.05, 4.69) is 31.0 Å². The van der Waals surface area contributed by atoms with Crippen LogP contribution in [0.3, 0.4) is 0 Å². The molecule has 2 N–H and O–H groups in total. The largest absolute Gasteiger partial charge is 0.356 e. The molecular weight excluding hydrogens is 212 g/mol. The van der Waals surface area contributed by atoms with Crippen molar-refractivity contribution in [2.75, 3.05) is 18.5 Å². The summed E-state index contributed by atoms with van der Waals surface area (Å²) in [6.07, 6.45) is 0. The minimum Gasteiger partial charge on any atom is -0.356 e. The van der Waals surface area contributed by atoms with E-state index in [0.29, 0.717) is 0 Å². The highest BCUT2D eigenvalue weighted by molar-refractivity contribution is 5.37. The molecule has 0 spiro atoms. The average molecular weight is 236 g/mol. The lowest BCUT2D eigenvalue weighted by molar-refractivity contribution is 0.514. The summed E-state index contributed by atoms with van der Waals surface area (Å²) in [7, 11) is 1.98. The van der Waals surface area contributed by atoms with E-state index in [1.54, 1.807) is 0 Å². The fourth-order valence-electron chi connectivity index (χ4n) is 1.62. The molecule has 0 aromatic carbocycles. The maximum Gasteiger partial charge on any atom is 0.151 e. The maximum atomic E-state index is 5.98. The molecule has 4 nitrogen and oxygen atoms in total. The van der Waals surface area contributed by atoms with Crippen molar-refractivity contribution in [1.29, 1.82) is 0 Å². The maximum absolute atomic E-state index is 5.98. The van der Waals surface area contributed by atoms with Crippen molar-refractivity contribution in [3.63, 3.8) is 0 Å². The lowest BCUT2D eigenvalue weighted by Gasteiger charge is -2.27. The van der Waals surface area contributed by atoms with Gasteiger partial charge in [0, 0.05) is 24.5 Å². The summed E-state index contributed by atoms with van der Waals surface area (Å²) in [5.74, 6) is 0.858. The molecule has 1 rings (SSSR count). The first-order valence-corrected chi connectivity index (χ1v) is 5.94. The first kappa shape index (κ1) is 13.9. The Kier molecular flexibility index (Phi) is 3.77. The molecule has 0 aliphatic carbocycles. The molecule has 0 radical (unpaired) electrons. The van der Waals surface area contributed by atoms with Crippen LogP contribution < -0.4 is 10.6 Å². The molecule has 0 bridgehead atoms. The second kappa shape index (κ2) is 4.61. The van der Waals surface area contributed by atoms with E-state index in [0.717, 1.165) is 18.1 Å². The third kappa shape index (κ3) is 4.30. The van der Waals surface area contributed by atoms with Gasteiger partial charge in [-0.05, 0) is 26.0 Å². The second-order valence-corrected chi connectivity index (χ2v) is 6.37. The van der Waals surface area contributed by atoms with Crippen molar-refractivity contribution in [2.24, 2.45) is 5.73 Å². The minimum absolute atomic E-state index is 0.0389. The van der Waals surface area contributed by atoms with Crippen LogP contribution in [0.15, 0.2) is 12.1 Å². The molecule has 0 amide bonds. The van der Waals surface area contributed by atoms with Crippen LogP contribution in [0, 0.1) is 0 Å². The van der Waals surface area contributed by atoms with E-state index in [9.17, 15) is 0 Å². The minimum atomic E-state index is -0.237. The average Bonchev–Trinajstić information content (AvgIpc) is 2.14. The molecule has 0 fully saturated rings.